The van der Waals surface area contributed by atoms with Crippen LogP contribution in [0.2, 0.25) is 0 Å². The van der Waals surface area contributed by atoms with Crippen LogP contribution in [-0.2, 0) is 5.16 Å². The maximum atomic E-state index is 9.88. The third-order valence-corrected chi connectivity index (χ3v) is 5.94. The Labute approximate surface area is 159 Å². The van der Waals surface area contributed by atoms with Crippen LogP contribution >= 0.6 is 9.24 Å². The molecule has 1 heterocycles. The van der Waals surface area contributed by atoms with Gasteiger partial charge in [-0.15, -0.1) is 9.24 Å². The molecule has 3 atom stereocenters. The van der Waals surface area contributed by atoms with Crippen LogP contribution in [0.25, 0.3) is 0 Å². The molecule has 0 amide bonds. The first kappa shape index (κ1) is 20.4. The van der Waals surface area contributed by atoms with Gasteiger partial charge in [-0.2, -0.15) is 5.26 Å². The van der Waals surface area contributed by atoms with Crippen molar-refractivity contribution >= 4 is 9.24 Å². The molecule has 0 bridgehead atoms. The van der Waals surface area contributed by atoms with Gasteiger partial charge in [0.25, 0.3) is 0 Å². The van der Waals surface area contributed by atoms with E-state index in [-0.39, 0.29) is 5.76 Å². The first-order valence-corrected chi connectivity index (χ1v) is 9.84. The van der Waals surface area contributed by atoms with Gasteiger partial charge in [-0.3, -0.25) is 0 Å². The van der Waals surface area contributed by atoms with Gasteiger partial charge in [0.15, 0.2) is 0 Å². The molecule has 26 heavy (non-hydrogen) atoms. The van der Waals surface area contributed by atoms with E-state index < -0.39 is 5.16 Å². The number of piperidine rings is 1. The minimum Gasteiger partial charge on any atom is -0.508 e. The van der Waals surface area contributed by atoms with Crippen molar-refractivity contribution in [2.45, 2.75) is 30.8 Å². The molecule has 1 aromatic carbocycles. The van der Waals surface area contributed by atoms with Crippen molar-refractivity contribution in [1.29, 1.82) is 5.26 Å². The molecule has 1 N–H and O–H groups in total. The van der Waals surface area contributed by atoms with Crippen molar-refractivity contribution in [3.63, 3.8) is 0 Å². The average Bonchev–Trinajstić information content (AvgIpc) is 2.68. The van der Waals surface area contributed by atoms with Crippen LogP contribution in [0.4, 0.5) is 0 Å². The quantitative estimate of drug-likeness (QED) is 0.305. The molecule has 0 aliphatic carbocycles. The van der Waals surface area contributed by atoms with Gasteiger partial charge < -0.3 is 10.0 Å². The Morgan fingerprint density at radius 3 is 2.88 bits per heavy atom. The Morgan fingerprint density at radius 2 is 2.19 bits per heavy atom. The van der Waals surface area contributed by atoms with Crippen LogP contribution < -0.4 is 0 Å². The lowest BCUT2D eigenvalue weighted by Crippen LogP contribution is -2.43. The Morgan fingerprint density at radius 1 is 1.42 bits per heavy atom. The Hall–Kier alpha value is -1.88. The first-order chi connectivity index (χ1) is 12.6. The predicted octanol–water partition coefficient (Wildman–Crippen LogP) is 4.96. The standard InChI is InChI=1S/C22H29N2OP/c1-2-10-21(25)14-7-4-8-15-24-16-9-13-20(17-24)22(26,18-23)19-11-5-3-6-12-19/h2-3,5-7,10-12,14,20,25H,1,4,8-9,13,15-17,26H2/b14-7-,21-10+. The summed E-state index contributed by atoms with van der Waals surface area (Å²) in [6.45, 7) is 6.64. The zero-order valence-electron chi connectivity index (χ0n) is 15.3. The largest absolute Gasteiger partial charge is 0.508 e. The highest BCUT2D eigenvalue weighted by Gasteiger charge is 2.38. The first-order valence-electron chi connectivity index (χ1n) is 9.26. The number of aliphatic hydroxyl groups is 1. The van der Waals surface area contributed by atoms with E-state index in [1.54, 1.807) is 18.2 Å². The second kappa shape index (κ2) is 10.3. The number of likely N-dealkylation sites (tertiary alicyclic amines) is 1. The van der Waals surface area contributed by atoms with Crippen LogP contribution in [0.1, 0.15) is 31.2 Å². The number of nitriles is 1. The van der Waals surface area contributed by atoms with Crippen LogP contribution in [0, 0.1) is 17.2 Å². The highest BCUT2D eigenvalue weighted by molar-refractivity contribution is 7.19. The van der Waals surface area contributed by atoms with E-state index in [0.29, 0.717) is 5.92 Å². The summed E-state index contributed by atoms with van der Waals surface area (Å²) >= 11 is 0. The molecule has 2 rings (SSSR count). The van der Waals surface area contributed by atoms with Crippen molar-refractivity contribution in [3.05, 3.63) is 72.5 Å². The Bertz CT molecular complexity index is 677. The number of hydrogen-bond acceptors (Lipinski definition) is 3. The van der Waals surface area contributed by atoms with Crippen molar-refractivity contribution in [3.8, 4) is 6.07 Å². The van der Waals surface area contributed by atoms with E-state index in [2.05, 4.69) is 38.9 Å². The monoisotopic (exact) mass is 368 g/mol. The number of nitrogens with zero attached hydrogens (tertiary/aromatic N) is 2. The van der Waals surface area contributed by atoms with E-state index >= 15 is 0 Å². The summed E-state index contributed by atoms with van der Waals surface area (Å²) in [5.74, 6) is 0.562. The highest BCUT2D eigenvalue weighted by Crippen LogP contribution is 2.42. The molecular formula is C22H29N2OP. The van der Waals surface area contributed by atoms with E-state index in [0.717, 1.165) is 50.9 Å². The van der Waals surface area contributed by atoms with Gasteiger partial charge >= 0.3 is 0 Å². The molecule has 0 radical (unpaired) electrons. The fourth-order valence-corrected chi connectivity index (χ4v) is 4.01. The summed E-state index contributed by atoms with van der Waals surface area (Å²) in [6.07, 6.45) is 11.1. The molecule has 1 saturated heterocycles. The smallest absolute Gasteiger partial charge is 0.115 e. The van der Waals surface area contributed by atoms with Crippen molar-refractivity contribution in [2.75, 3.05) is 19.6 Å². The summed E-state index contributed by atoms with van der Waals surface area (Å²) in [5.41, 5.74) is 1.09. The zero-order valence-corrected chi connectivity index (χ0v) is 16.5. The lowest BCUT2D eigenvalue weighted by atomic mass is 9.81. The number of hydrogen-bond donors (Lipinski definition) is 1. The van der Waals surface area contributed by atoms with E-state index in [1.807, 2.05) is 24.3 Å². The zero-order chi connectivity index (χ0) is 18.8. The van der Waals surface area contributed by atoms with E-state index in [4.69, 9.17) is 0 Å². The maximum absolute atomic E-state index is 9.88. The topological polar surface area (TPSA) is 47.3 Å². The predicted molar refractivity (Wildman–Crippen MR) is 112 cm³/mol. The summed E-state index contributed by atoms with van der Waals surface area (Å²) in [4.78, 5) is 2.47. The second-order valence-electron chi connectivity index (χ2n) is 6.86. The molecule has 3 nitrogen and oxygen atoms in total. The molecule has 0 spiro atoms. The Balaban J connectivity index is 1.89. The number of benzene rings is 1. The van der Waals surface area contributed by atoms with Crippen LogP contribution in [0.15, 0.2) is 67.0 Å². The summed E-state index contributed by atoms with van der Waals surface area (Å²) in [6, 6.07) is 12.7. The summed E-state index contributed by atoms with van der Waals surface area (Å²) < 4.78 is 0. The van der Waals surface area contributed by atoms with Gasteiger partial charge in [-0.1, -0.05) is 49.1 Å². The Kier molecular flexibility index (Phi) is 8.10. The van der Waals surface area contributed by atoms with Crippen LogP contribution in [0.5, 0.6) is 0 Å². The van der Waals surface area contributed by atoms with Gasteiger partial charge in [0.05, 0.1) is 11.2 Å². The maximum Gasteiger partial charge on any atom is 0.115 e. The highest BCUT2D eigenvalue weighted by atomic mass is 31.0. The number of allylic oxidation sites excluding steroid dienone is 4. The van der Waals surface area contributed by atoms with Gasteiger partial charge in [0, 0.05) is 6.54 Å². The lowest BCUT2D eigenvalue weighted by Gasteiger charge is -2.40. The third kappa shape index (κ3) is 5.56. The van der Waals surface area contributed by atoms with Gasteiger partial charge in [0.1, 0.15) is 5.76 Å². The summed E-state index contributed by atoms with van der Waals surface area (Å²) in [5, 5.41) is 18.9. The minimum atomic E-state index is -0.513. The molecule has 1 aromatic rings. The van der Waals surface area contributed by atoms with Gasteiger partial charge in [-0.25, -0.2) is 0 Å². The summed E-state index contributed by atoms with van der Waals surface area (Å²) in [7, 11) is 2.83. The third-order valence-electron chi connectivity index (χ3n) is 5.01. The molecule has 3 unspecified atom stereocenters. The molecular weight excluding hydrogens is 339 g/mol. The molecule has 1 fully saturated rings. The second-order valence-corrected chi connectivity index (χ2v) is 7.77. The SMILES string of the molecule is C=C/C=C(O)\C=C/CCCN1CCCC(C(P)(C#N)c2ccccc2)C1. The van der Waals surface area contributed by atoms with Crippen molar-refractivity contribution in [1.82, 2.24) is 4.90 Å². The molecule has 1 aliphatic heterocycles. The van der Waals surface area contributed by atoms with E-state index in [9.17, 15) is 10.4 Å². The normalized spacial score (nSPS) is 21.2. The average molecular weight is 368 g/mol. The number of aliphatic hydroxyl groups excluding tert-OH is 1. The molecule has 138 valence electrons. The molecule has 1 aliphatic rings. The number of unbranched alkanes of at least 4 members (excludes halogenated alkanes) is 1. The molecule has 4 heteroatoms. The van der Waals surface area contributed by atoms with Crippen molar-refractivity contribution in [2.24, 2.45) is 5.92 Å². The molecule has 0 saturated carbocycles. The van der Waals surface area contributed by atoms with Gasteiger partial charge in [0.2, 0.25) is 0 Å². The fraction of sp³-hybridized carbons (Fsp3) is 0.409. The van der Waals surface area contributed by atoms with Crippen molar-refractivity contribution < 1.29 is 5.11 Å². The fourth-order valence-electron chi connectivity index (χ4n) is 3.55. The van der Waals surface area contributed by atoms with Crippen LogP contribution in [-0.4, -0.2) is 29.6 Å². The van der Waals surface area contributed by atoms with Crippen LogP contribution in [0.3, 0.4) is 0 Å². The lowest BCUT2D eigenvalue weighted by molar-refractivity contribution is 0.158. The molecule has 0 aromatic heterocycles. The van der Waals surface area contributed by atoms with E-state index in [1.165, 1.54) is 0 Å². The minimum absolute atomic E-state index is 0.239. The van der Waals surface area contributed by atoms with Gasteiger partial charge in [-0.05, 0) is 62.4 Å². The number of rotatable bonds is 8.